The van der Waals surface area contributed by atoms with Gasteiger partial charge in [0.1, 0.15) is 4.88 Å². The molecule has 0 bridgehead atoms. The highest BCUT2D eigenvalue weighted by molar-refractivity contribution is 7.12. The minimum absolute atomic E-state index is 0.0434. The van der Waals surface area contributed by atoms with Gasteiger partial charge in [-0.2, -0.15) is 0 Å². The number of hydrogen-bond donors (Lipinski definition) is 2. The summed E-state index contributed by atoms with van der Waals surface area (Å²) in [6.45, 7) is 0.574. The van der Waals surface area contributed by atoms with Crippen LogP contribution in [0.3, 0.4) is 0 Å². The quantitative estimate of drug-likeness (QED) is 0.832. The number of aryl methyl sites for hydroxylation is 1. The van der Waals surface area contributed by atoms with E-state index in [9.17, 15) is 9.90 Å². The molecule has 1 aromatic heterocycles. The highest BCUT2D eigenvalue weighted by Crippen LogP contribution is 2.37. The van der Waals surface area contributed by atoms with Crippen molar-refractivity contribution >= 4 is 17.3 Å². The SMILES string of the molecule is COC(=O)c1sccc1CNC1(CO)CCc2ccccc21. The molecule has 1 unspecified atom stereocenters. The number of thiophene rings is 1. The Morgan fingerprint density at radius 2 is 2.23 bits per heavy atom. The van der Waals surface area contributed by atoms with Gasteiger partial charge >= 0.3 is 5.97 Å². The van der Waals surface area contributed by atoms with Crippen molar-refractivity contribution in [1.82, 2.24) is 5.32 Å². The van der Waals surface area contributed by atoms with E-state index in [1.54, 1.807) is 0 Å². The van der Waals surface area contributed by atoms with E-state index in [0.29, 0.717) is 11.4 Å². The zero-order valence-electron chi connectivity index (χ0n) is 12.5. The molecule has 22 heavy (non-hydrogen) atoms. The molecule has 0 fully saturated rings. The molecule has 0 aliphatic heterocycles. The molecule has 116 valence electrons. The van der Waals surface area contributed by atoms with E-state index in [-0.39, 0.29) is 12.6 Å². The number of fused-ring (bicyclic) bond motifs is 1. The molecule has 1 heterocycles. The molecular formula is C17H19NO3S. The van der Waals surface area contributed by atoms with Gasteiger partial charge in [0.05, 0.1) is 19.3 Å². The number of rotatable bonds is 5. The average Bonchev–Trinajstić information content (AvgIpc) is 3.17. The van der Waals surface area contributed by atoms with Gasteiger partial charge in [0.25, 0.3) is 0 Å². The fraction of sp³-hybridized carbons (Fsp3) is 0.353. The van der Waals surface area contributed by atoms with Gasteiger partial charge < -0.3 is 15.2 Å². The maximum Gasteiger partial charge on any atom is 0.348 e. The first-order valence-electron chi connectivity index (χ1n) is 7.29. The normalized spacial score (nSPS) is 19.9. The summed E-state index contributed by atoms with van der Waals surface area (Å²) < 4.78 is 4.81. The Morgan fingerprint density at radius 3 is 3.00 bits per heavy atom. The third kappa shape index (κ3) is 2.56. The zero-order chi connectivity index (χ0) is 15.6. The van der Waals surface area contributed by atoms with E-state index in [1.165, 1.54) is 24.0 Å². The van der Waals surface area contributed by atoms with Crippen molar-refractivity contribution in [3.05, 3.63) is 57.3 Å². The lowest BCUT2D eigenvalue weighted by molar-refractivity contribution is 0.0604. The number of nitrogens with one attached hydrogen (secondary N) is 1. The van der Waals surface area contributed by atoms with Gasteiger partial charge in [-0.3, -0.25) is 0 Å². The number of esters is 1. The average molecular weight is 317 g/mol. The summed E-state index contributed by atoms with van der Waals surface area (Å²) in [6.07, 6.45) is 1.82. The number of aliphatic hydroxyl groups is 1. The summed E-state index contributed by atoms with van der Waals surface area (Å²) in [5.41, 5.74) is 2.93. The number of methoxy groups -OCH3 is 1. The van der Waals surface area contributed by atoms with Crippen LogP contribution in [0.15, 0.2) is 35.7 Å². The van der Waals surface area contributed by atoms with Crippen molar-refractivity contribution in [1.29, 1.82) is 0 Å². The van der Waals surface area contributed by atoms with Gasteiger partial charge in [-0.05, 0) is 41.0 Å². The van der Waals surface area contributed by atoms with Crippen molar-refractivity contribution < 1.29 is 14.6 Å². The first kappa shape index (κ1) is 15.2. The lowest BCUT2D eigenvalue weighted by Crippen LogP contribution is -2.43. The molecule has 1 atom stereocenters. The summed E-state index contributed by atoms with van der Waals surface area (Å²) in [5, 5.41) is 15.3. The maximum atomic E-state index is 11.8. The van der Waals surface area contributed by atoms with E-state index in [2.05, 4.69) is 17.4 Å². The Hall–Kier alpha value is -1.69. The van der Waals surface area contributed by atoms with E-state index >= 15 is 0 Å². The van der Waals surface area contributed by atoms with Crippen molar-refractivity contribution in [3.63, 3.8) is 0 Å². The summed E-state index contributed by atoms with van der Waals surface area (Å²) >= 11 is 1.38. The van der Waals surface area contributed by atoms with Crippen molar-refractivity contribution in [2.75, 3.05) is 13.7 Å². The van der Waals surface area contributed by atoms with Gasteiger partial charge in [-0.25, -0.2) is 4.79 Å². The molecule has 4 nitrogen and oxygen atoms in total. The largest absolute Gasteiger partial charge is 0.465 e. The summed E-state index contributed by atoms with van der Waals surface area (Å²) in [4.78, 5) is 12.4. The van der Waals surface area contributed by atoms with Crippen LogP contribution in [0.1, 0.15) is 32.8 Å². The first-order valence-corrected chi connectivity index (χ1v) is 8.17. The minimum atomic E-state index is -0.425. The van der Waals surface area contributed by atoms with Crippen LogP contribution < -0.4 is 5.32 Å². The molecule has 5 heteroatoms. The Bertz CT molecular complexity index is 682. The van der Waals surface area contributed by atoms with Gasteiger partial charge in [-0.1, -0.05) is 24.3 Å². The van der Waals surface area contributed by atoms with Crippen LogP contribution >= 0.6 is 11.3 Å². The minimum Gasteiger partial charge on any atom is -0.465 e. The zero-order valence-corrected chi connectivity index (χ0v) is 13.3. The highest BCUT2D eigenvalue weighted by Gasteiger charge is 2.37. The predicted molar refractivity (Wildman–Crippen MR) is 86.0 cm³/mol. The molecule has 0 saturated carbocycles. The van der Waals surface area contributed by atoms with Crippen LogP contribution in [-0.2, 0) is 23.2 Å². The number of aliphatic hydroxyl groups excluding tert-OH is 1. The van der Waals surface area contributed by atoms with Gasteiger partial charge in [0.2, 0.25) is 0 Å². The fourth-order valence-corrected chi connectivity index (χ4v) is 3.94. The second kappa shape index (κ2) is 6.20. The molecular weight excluding hydrogens is 298 g/mol. The van der Waals surface area contributed by atoms with Crippen LogP contribution in [0.2, 0.25) is 0 Å². The Morgan fingerprint density at radius 1 is 1.41 bits per heavy atom. The van der Waals surface area contributed by atoms with Crippen molar-refractivity contribution in [2.45, 2.75) is 24.9 Å². The van der Waals surface area contributed by atoms with Crippen molar-refractivity contribution in [3.8, 4) is 0 Å². The van der Waals surface area contributed by atoms with Crippen LogP contribution in [-0.4, -0.2) is 24.8 Å². The molecule has 0 saturated heterocycles. The molecule has 1 aliphatic rings. The van der Waals surface area contributed by atoms with Crippen LogP contribution in [0.4, 0.5) is 0 Å². The van der Waals surface area contributed by atoms with Crippen LogP contribution in [0.5, 0.6) is 0 Å². The third-order valence-electron chi connectivity index (χ3n) is 4.36. The van der Waals surface area contributed by atoms with Crippen LogP contribution in [0.25, 0.3) is 0 Å². The Balaban J connectivity index is 1.81. The number of hydrogen-bond acceptors (Lipinski definition) is 5. The molecule has 3 rings (SSSR count). The number of ether oxygens (including phenoxy) is 1. The summed E-state index contributed by atoms with van der Waals surface area (Å²) in [7, 11) is 1.39. The molecule has 0 amide bonds. The lowest BCUT2D eigenvalue weighted by Gasteiger charge is -2.30. The number of carbonyl (C=O) groups is 1. The molecule has 2 aromatic rings. The second-order valence-corrected chi connectivity index (χ2v) is 6.43. The second-order valence-electron chi connectivity index (χ2n) is 5.52. The molecule has 1 aliphatic carbocycles. The maximum absolute atomic E-state index is 11.8. The smallest absolute Gasteiger partial charge is 0.348 e. The first-order chi connectivity index (χ1) is 10.7. The van der Waals surface area contributed by atoms with Gasteiger partial charge in [-0.15, -0.1) is 11.3 Å². The summed E-state index contributed by atoms with van der Waals surface area (Å²) in [5.74, 6) is -0.309. The lowest BCUT2D eigenvalue weighted by atomic mass is 9.92. The van der Waals surface area contributed by atoms with E-state index < -0.39 is 5.54 Å². The summed E-state index contributed by atoms with van der Waals surface area (Å²) in [6, 6.07) is 10.1. The Kier molecular flexibility index (Phi) is 4.29. The third-order valence-corrected chi connectivity index (χ3v) is 5.30. The number of benzene rings is 1. The van der Waals surface area contributed by atoms with Crippen LogP contribution in [0, 0.1) is 0 Å². The molecule has 1 aromatic carbocycles. The van der Waals surface area contributed by atoms with E-state index in [1.807, 2.05) is 23.6 Å². The molecule has 0 spiro atoms. The van der Waals surface area contributed by atoms with Gasteiger partial charge in [0, 0.05) is 6.54 Å². The monoisotopic (exact) mass is 317 g/mol. The van der Waals surface area contributed by atoms with E-state index in [4.69, 9.17) is 4.74 Å². The predicted octanol–water partition coefficient (Wildman–Crippen LogP) is 2.46. The van der Waals surface area contributed by atoms with Crippen molar-refractivity contribution in [2.24, 2.45) is 0 Å². The highest BCUT2D eigenvalue weighted by atomic mass is 32.1. The van der Waals surface area contributed by atoms with E-state index in [0.717, 1.165) is 24.0 Å². The number of carbonyl (C=O) groups excluding carboxylic acids is 1. The molecule has 2 N–H and O–H groups in total. The Labute approximate surface area is 133 Å². The molecule has 0 radical (unpaired) electrons. The standard InChI is InChI=1S/C17H19NO3S/c1-21-16(20)15-13(7-9-22-15)10-18-17(11-19)8-6-12-4-2-3-5-14(12)17/h2-5,7,9,18-19H,6,8,10-11H2,1H3. The topological polar surface area (TPSA) is 58.6 Å². The fourth-order valence-electron chi connectivity index (χ4n) is 3.10. The van der Waals surface area contributed by atoms with Gasteiger partial charge in [0.15, 0.2) is 0 Å².